The molecule has 1 N–H and O–H groups in total. The topological polar surface area (TPSA) is 120 Å². The van der Waals surface area contributed by atoms with Crippen molar-refractivity contribution in [2.45, 2.75) is 13.5 Å². The third-order valence-electron chi connectivity index (χ3n) is 5.21. The molecule has 0 radical (unpaired) electrons. The molecule has 0 atom stereocenters. The smallest absolute Gasteiger partial charge is 0.344 e. The predicted molar refractivity (Wildman–Crippen MR) is 112 cm³/mol. The molecule has 156 valence electrons. The Labute approximate surface area is 178 Å². The maximum absolute atomic E-state index is 13.0. The van der Waals surface area contributed by atoms with Gasteiger partial charge in [-0.1, -0.05) is 6.07 Å². The van der Waals surface area contributed by atoms with E-state index in [0.717, 1.165) is 0 Å². The first-order chi connectivity index (χ1) is 15.0. The minimum Gasteiger partial charge on any atom is -0.507 e. The molecule has 0 spiro atoms. The first-order valence-corrected chi connectivity index (χ1v) is 9.68. The zero-order valence-electron chi connectivity index (χ0n) is 16.8. The van der Waals surface area contributed by atoms with Crippen LogP contribution in [0.5, 0.6) is 17.2 Å². The number of phenolic OH excluding ortho intramolecular Hbond substituents is 1. The largest absolute Gasteiger partial charge is 0.507 e. The Hall–Kier alpha value is -4.01. The van der Waals surface area contributed by atoms with E-state index in [9.17, 15) is 9.90 Å². The van der Waals surface area contributed by atoms with Gasteiger partial charge in [-0.3, -0.25) is 4.90 Å². The van der Waals surface area contributed by atoms with Gasteiger partial charge < -0.3 is 19.0 Å². The molecule has 1 aliphatic rings. The Morgan fingerprint density at radius 3 is 2.48 bits per heavy atom. The first-order valence-electron chi connectivity index (χ1n) is 9.68. The van der Waals surface area contributed by atoms with E-state index in [1.807, 2.05) is 19.1 Å². The van der Waals surface area contributed by atoms with E-state index in [1.165, 1.54) is 6.07 Å². The fourth-order valence-electron chi connectivity index (χ4n) is 3.74. The summed E-state index contributed by atoms with van der Waals surface area (Å²) < 4.78 is 16.8. The number of nitrogens with zero attached hydrogens (tertiary/aromatic N) is 3. The normalized spacial score (nSPS) is 12.5. The molecule has 0 aliphatic carbocycles. The zero-order chi connectivity index (χ0) is 22.0. The van der Waals surface area contributed by atoms with Crippen LogP contribution in [0.25, 0.3) is 22.1 Å². The van der Waals surface area contributed by atoms with Gasteiger partial charge in [-0.05, 0) is 42.3 Å². The van der Waals surface area contributed by atoms with Crippen molar-refractivity contribution in [1.82, 2.24) is 4.90 Å². The molecular weight excluding hydrogens is 398 g/mol. The molecule has 2 aromatic carbocycles. The molecular formula is C23H19N3O5. The number of nitriles is 2. The number of aryl methyl sites for hydroxylation is 1. The number of hydrogen-bond donors (Lipinski definition) is 1. The van der Waals surface area contributed by atoms with Gasteiger partial charge in [0.05, 0.1) is 36.4 Å². The van der Waals surface area contributed by atoms with E-state index in [1.54, 1.807) is 29.2 Å². The molecule has 8 heteroatoms. The summed E-state index contributed by atoms with van der Waals surface area (Å²) >= 11 is 0. The maximum atomic E-state index is 13.0. The number of ether oxygens (including phenoxy) is 2. The highest BCUT2D eigenvalue weighted by atomic mass is 16.6. The molecule has 0 bridgehead atoms. The minimum atomic E-state index is -0.555. The van der Waals surface area contributed by atoms with Gasteiger partial charge in [0.1, 0.15) is 24.5 Å². The highest BCUT2D eigenvalue weighted by Crippen LogP contribution is 2.37. The molecule has 0 fully saturated rings. The summed E-state index contributed by atoms with van der Waals surface area (Å²) in [4.78, 5) is 14.5. The van der Waals surface area contributed by atoms with E-state index in [2.05, 4.69) is 0 Å². The standard InChI is InChI=1S/C23H19N3O5/c1-14-16-3-4-18(27)17(13-26(8-6-24)9-7-25)22(16)31-23(28)21(14)15-2-5-19-20(12-15)30-11-10-29-19/h2-5,12,27H,8-11,13H2,1H3. The van der Waals surface area contributed by atoms with Crippen LogP contribution in [0.3, 0.4) is 0 Å². The summed E-state index contributed by atoms with van der Waals surface area (Å²) in [7, 11) is 0. The highest BCUT2D eigenvalue weighted by Gasteiger charge is 2.21. The molecule has 0 amide bonds. The van der Waals surface area contributed by atoms with E-state index in [0.29, 0.717) is 52.4 Å². The monoisotopic (exact) mass is 417 g/mol. The molecule has 1 aliphatic heterocycles. The minimum absolute atomic E-state index is 0.00187. The van der Waals surface area contributed by atoms with Crippen LogP contribution < -0.4 is 15.1 Å². The summed E-state index contributed by atoms with van der Waals surface area (Å²) in [6, 6.07) is 12.5. The summed E-state index contributed by atoms with van der Waals surface area (Å²) in [5, 5.41) is 29.1. The van der Waals surface area contributed by atoms with E-state index in [4.69, 9.17) is 24.4 Å². The Morgan fingerprint density at radius 2 is 1.77 bits per heavy atom. The first kappa shape index (κ1) is 20.3. The zero-order valence-corrected chi connectivity index (χ0v) is 16.8. The lowest BCUT2D eigenvalue weighted by Crippen LogP contribution is -2.24. The average Bonchev–Trinajstić information content (AvgIpc) is 2.76. The van der Waals surface area contributed by atoms with Crippen LogP contribution in [-0.4, -0.2) is 36.3 Å². The molecule has 31 heavy (non-hydrogen) atoms. The molecule has 2 heterocycles. The van der Waals surface area contributed by atoms with Gasteiger partial charge >= 0.3 is 5.63 Å². The van der Waals surface area contributed by atoms with Crippen molar-refractivity contribution in [2.24, 2.45) is 0 Å². The van der Waals surface area contributed by atoms with Gasteiger partial charge in [0.25, 0.3) is 0 Å². The second kappa shape index (κ2) is 8.39. The van der Waals surface area contributed by atoms with Gasteiger partial charge in [-0.2, -0.15) is 10.5 Å². The lowest BCUT2D eigenvalue weighted by molar-refractivity contribution is 0.171. The fourth-order valence-corrected chi connectivity index (χ4v) is 3.74. The molecule has 1 aromatic heterocycles. The molecule has 0 saturated heterocycles. The predicted octanol–water partition coefficient (Wildman–Crippen LogP) is 3.09. The number of hydrogen-bond acceptors (Lipinski definition) is 8. The van der Waals surface area contributed by atoms with Crippen molar-refractivity contribution in [3.63, 3.8) is 0 Å². The van der Waals surface area contributed by atoms with Crippen molar-refractivity contribution in [2.75, 3.05) is 26.3 Å². The summed E-state index contributed by atoms with van der Waals surface area (Å²) in [5.74, 6) is 1.13. The van der Waals surface area contributed by atoms with Crippen LogP contribution in [-0.2, 0) is 6.54 Å². The van der Waals surface area contributed by atoms with E-state index in [-0.39, 0.29) is 31.0 Å². The van der Waals surface area contributed by atoms with Crippen LogP contribution in [0.15, 0.2) is 39.5 Å². The van der Waals surface area contributed by atoms with Crippen LogP contribution >= 0.6 is 0 Å². The van der Waals surface area contributed by atoms with Crippen LogP contribution in [0, 0.1) is 29.6 Å². The summed E-state index contributed by atoms with van der Waals surface area (Å²) in [6.07, 6.45) is 0. The van der Waals surface area contributed by atoms with Crippen molar-refractivity contribution in [3.05, 3.63) is 51.9 Å². The quantitative estimate of drug-likeness (QED) is 0.497. The van der Waals surface area contributed by atoms with Gasteiger partial charge in [-0.25, -0.2) is 4.79 Å². The molecule has 4 rings (SSSR count). The molecule has 0 unspecified atom stereocenters. The van der Waals surface area contributed by atoms with Crippen molar-refractivity contribution >= 4 is 11.0 Å². The van der Waals surface area contributed by atoms with Gasteiger partial charge in [0, 0.05) is 11.9 Å². The number of rotatable bonds is 5. The van der Waals surface area contributed by atoms with Gasteiger partial charge in [0.15, 0.2) is 11.5 Å². The van der Waals surface area contributed by atoms with Crippen LogP contribution in [0.4, 0.5) is 0 Å². The molecule has 3 aromatic rings. The van der Waals surface area contributed by atoms with Gasteiger partial charge in [-0.15, -0.1) is 0 Å². The third kappa shape index (κ3) is 3.77. The number of aromatic hydroxyl groups is 1. The SMILES string of the molecule is Cc1c(-c2ccc3c(c2)OCCO3)c(=O)oc2c(CN(CC#N)CC#N)c(O)ccc12. The van der Waals surface area contributed by atoms with Gasteiger partial charge in [0.2, 0.25) is 0 Å². The average molecular weight is 417 g/mol. The van der Waals surface area contributed by atoms with Crippen molar-refractivity contribution in [3.8, 4) is 40.5 Å². The Bertz CT molecular complexity index is 1280. The number of phenols is 1. The lowest BCUT2D eigenvalue weighted by atomic mass is 9.97. The number of benzene rings is 2. The van der Waals surface area contributed by atoms with Crippen LogP contribution in [0.2, 0.25) is 0 Å². The second-order valence-electron chi connectivity index (χ2n) is 7.15. The lowest BCUT2D eigenvalue weighted by Gasteiger charge is -2.20. The molecule has 8 nitrogen and oxygen atoms in total. The second-order valence-corrected chi connectivity index (χ2v) is 7.15. The van der Waals surface area contributed by atoms with Crippen molar-refractivity contribution in [1.29, 1.82) is 10.5 Å². The summed E-state index contributed by atoms with van der Waals surface area (Å²) in [5.41, 5.74) is 1.77. The summed E-state index contributed by atoms with van der Waals surface area (Å²) in [6.45, 7) is 2.82. The fraction of sp³-hybridized carbons (Fsp3) is 0.261. The van der Waals surface area contributed by atoms with E-state index < -0.39 is 5.63 Å². The Balaban J connectivity index is 1.85. The van der Waals surface area contributed by atoms with Crippen molar-refractivity contribution < 1.29 is 19.0 Å². The Morgan fingerprint density at radius 1 is 1.06 bits per heavy atom. The number of fused-ring (bicyclic) bond motifs is 2. The maximum Gasteiger partial charge on any atom is 0.344 e. The Kier molecular flexibility index (Phi) is 5.48. The molecule has 0 saturated carbocycles. The third-order valence-corrected chi connectivity index (χ3v) is 5.21. The highest BCUT2D eigenvalue weighted by molar-refractivity contribution is 5.90. The van der Waals surface area contributed by atoms with E-state index >= 15 is 0 Å². The van der Waals surface area contributed by atoms with Crippen LogP contribution in [0.1, 0.15) is 11.1 Å².